The van der Waals surface area contributed by atoms with E-state index in [4.69, 9.17) is 4.52 Å². The molecule has 1 amide bonds. The van der Waals surface area contributed by atoms with E-state index in [1.54, 1.807) is 12.1 Å². The minimum absolute atomic E-state index is 0.0152. The van der Waals surface area contributed by atoms with Crippen LogP contribution < -0.4 is 5.32 Å². The molecule has 0 radical (unpaired) electrons. The van der Waals surface area contributed by atoms with E-state index < -0.39 is 0 Å². The maximum absolute atomic E-state index is 13.1. The highest BCUT2D eigenvalue weighted by atomic mass is 19.1. The first kappa shape index (κ1) is 19.9. The Morgan fingerprint density at radius 1 is 1.13 bits per heavy atom. The van der Waals surface area contributed by atoms with E-state index in [-0.39, 0.29) is 17.8 Å². The lowest BCUT2D eigenvalue weighted by Crippen LogP contribution is -2.50. The van der Waals surface area contributed by atoms with Crippen LogP contribution >= 0.6 is 0 Å². The lowest BCUT2D eigenvalue weighted by molar-refractivity contribution is -0.127. The van der Waals surface area contributed by atoms with Gasteiger partial charge in [0, 0.05) is 19.0 Å². The smallest absolute Gasteiger partial charge is 0.240 e. The van der Waals surface area contributed by atoms with Crippen LogP contribution in [-0.4, -0.2) is 33.5 Å². The summed E-state index contributed by atoms with van der Waals surface area (Å²) in [4.78, 5) is 19.8. The number of carbonyl (C=O) groups is 1. The number of nitrogens with one attached hydrogen (secondary N) is 1. The van der Waals surface area contributed by atoms with Crippen LogP contribution in [0.3, 0.4) is 0 Å². The SMILES string of the molecule is O=C(NCCc1ccc(F)cc1)[C@@H]1Cc2ccccc2CN1Cc1nc(C2CC2)no1. The van der Waals surface area contributed by atoms with Gasteiger partial charge in [-0.3, -0.25) is 9.69 Å². The number of aromatic nitrogens is 2. The highest BCUT2D eigenvalue weighted by Crippen LogP contribution is 2.38. The molecule has 1 aliphatic carbocycles. The standard InChI is InChI=1S/C24H25FN4O2/c25-20-9-5-16(6-10-20)11-12-26-24(30)21-13-18-3-1-2-4-19(18)14-29(21)15-22-27-23(28-31-22)17-7-8-17/h1-6,9-10,17,21H,7-8,11-15H2,(H,26,30)/t21-/m0/s1. The Hall–Kier alpha value is -3.06. The zero-order valence-corrected chi connectivity index (χ0v) is 17.3. The first-order valence-corrected chi connectivity index (χ1v) is 10.8. The monoisotopic (exact) mass is 420 g/mol. The second-order valence-corrected chi connectivity index (χ2v) is 8.38. The third kappa shape index (κ3) is 4.66. The molecule has 2 heterocycles. The zero-order valence-electron chi connectivity index (χ0n) is 17.3. The van der Waals surface area contributed by atoms with Crippen molar-refractivity contribution in [3.8, 4) is 0 Å². The maximum Gasteiger partial charge on any atom is 0.240 e. The van der Waals surface area contributed by atoms with Gasteiger partial charge in [-0.2, -0.15) is 4.98 Å². The van der Waals surface area contributed by atoms with Gasteiger partial charge in [-0.05, 0) is 54.5 Å². The zero-order chi connectivity index (χ0) is 21.2. The second kappa shape index (κ2) is 8.59. The summed E-state index contributed by atoms with van der Waals surface area (Å²) < 4.78 is 18.5. The highest BCUT2D eigenvalue weighted by Gasteiger charge is 2.33. The van der Waals surface area contributed by atoms with Crippen molar-refractivity contribution in [1.29, 1.82) is 0 Å². The van der Waals surface area contributed by atoms with Gasteiger partial charge in [0.05, 0.1) is 12.6 Å². The van der Waals surface area contributed by atoms with Crippen LogP contribution in [0.4, 0.5) is 4.39 Å². The van der Waals surface area contributed by atoms with Gasteiger partial charge in [-0.25, -0.2) is 4.39 Å². The second-order valence-electron chi connectivity index (χ2n) is 8.38. The van der Waals surface area contributed by atoms with Crippen LogP contribution in [0.2, 0.25) is 0 Å². The number of benzene rings is 2. The summed E-state index contributed by atoms with van der Waals surface area (Å²) in [6.45, 7) is 1.61. The predicted molar refractivity (Wildman–Crippen MR) is 113 cm³/mol. The quantitative estimate of drug-likeness (QED) is 0.635. The van der Waals surface area contributed by atoms with Gasteiger partial charge in [0.25, 0.3) is 0 Å². The van der Waals surface area contributed by atoms with Crippen molar-refractivity contribution >= 4 is 5.91 Å². The molecule has 0 unspecified atom stereocenters. The van der Waals surface area contributed by atoms with Gasteiger partial charge in [-0.1, -0.05) is 41.6 Å². The molecule has 2 aliphatic rings. The number of fused-ring (bicyclic) bond motifs is 1. The fraction of sp³-hybridized carbons (Fsp3) is 0.375. The minimum Gasteiger partial charge on any atom is -0.354 e. The Bertz CT molecular complexity index is 1060. The lowest BCUT2D eigenvalue weighted by atomic mass is 9.93. The molecule has 5 rings (SSSR count). The van der Waals surface area contributed by atoms with Gasteiger partial charge < -0.3 is 9.84 Å². The van der Waals surface area contributed by atoms with Crippen molar-refractivity contribution in [2.24, 2.45) is 0 Å². The van der Waals surface area contributed by atoms with Crippen LogP contribution in [-0.2, 0) is 30.7 Å². The van der Waals surface area contributed by atoms with Crippen molar-refractivity contribution in [2.45, 2.75) is 50.7 Å². The van der Waals surface area contributed by atoms with E-state index in [1.807, 2.05) is 12.1 Å². The summed E-state index contributed by atoms with van der Waals surface area (Å²) in [6.07, 6.45) is 3.54. The third-order valence-corrected chi connectivity index (χ3v) is 6.04. The molecule has 1 saturated carbocycles. The Labute approximate surface area is 180 Å². The van der Waals surface area contributed by atoms with Crippen molar-refractivity contribution in [3.63, 3.8) is 0 Å². The van der Waals surface area contributed by atoms with E-state index >= 15 is 0 Å². The summed E-state index contributed by atoms with van der Waals surface area (Å²) >= 11 is 0. The molecule has 160 valence electrons. The van der Waals surface area contributed by atoms with Gasteiger partial charge in [0.2, 0.25) is 11.8 Å². The maximum atomic E-state index is 13.1. The molecule has 0 spiro atoms. The summed E-state index contributed by atoms with van der Waals surface area (Å²) in [5.74, 6) is 1.51. The summed E-state index contributed by atoms with van der Waals surface area (Å²) in [5.41, 5.74) is 3.41. The van der Waals surface area contributed by atoms with Crippen LogP contribution in [0.1, 0.15) is 47.2 Å². The minimum atomic E-state index is -0.306. The Balaban J connectivity index is 1.27. The first-order chi connectivity index (χ1) is 15.2. The molecule has 1 atom stereocenters. The first-order valence-electron chi connectivity index (χ1n) is 10.8. The number of halogens is 1. The van der Waals surface area contributed by atoms with Gasteiger partial charge in [0.15, 0.2) is 5.82 Å². The fourth-order valence-corrected chi connectivity index (χ4v) is 4.11. The van der Waals surface area contributed by atoms with E-state index in [1.165, 1.54) is 23.3 Å². The van der Waals surface area contributed by atoms with E-state index in [2.05, 4.69) is 32.5 Å². The van der Waals surface area contributed by atoms with Gasteiger partial charge >= 0.3 is 0 Å². The number of amides is 1. The molecule has 6 nitrogen and oxygen atoms in total. The molecule has 7 heteroatoms. The molecule has 1 fully saturated rings. The van der Waals surface area contributed by atoms with Crippen LogP contribution in [0, 0.1) is 5.82 Å². The van der Waals surface area contributed by atoms with Gasteiger partial charge in [-0.15, -0.1) is 0 Å². The van der Waals surface area contributed by atoms with Gasteiger partial charge in [0.1, 0.15) is 5.82 Å². The van der Waals surface area contributed by atoms with Crippen molar-refractivity contribution in [1.82, 2.24) is 20.4 Å². The number of rotatable bonds is 7. The molecule has 3 aromatic rings. The Morgan fingerprint density at radius 2 is 1.90 bits per heavy atom. The molecule has 1 aliphatic heterocycles. The van der Waals surface area contributed by atoms with Crippen LogP contribution in [0.25, 0.3) is 0 Å². The van der Waals surface area contributed by atoms with E-state index in [0.29, 0.717) is 44.3 Å². The van der Waals surface area contributed by atoms with Crippen LogP contribution in [0.15, 0.2) is 53.1 Å². The summed E-state index contributed by atoms with van der Waals surface area (Å²) in [6, 6.07) is 14.3. The van der Waals surface area contributed by atoms with E-state index in [9.17, 15) is 9.18 Å². The van der Waals surface area contributed by atoms with Crippen molar-refractivity contribution < 1.29 is 13.7 Å². The average Bonchev–Trinajstić information content (AvgIpc) is 3.53. The molecule has 0 saturated heterocycles. The molecule has 2 aromatic carbocycles. The topological polar surface area (TPSA) is 71.3 Å². The molecule has 31 heavy (non-hydrogen) atoms. The Morgan fingerprint density at radius 3 is 2.68 bits per heavy atom. The molecule has 0 bridgehead atoms. The predicted octanol–water partition coefficient (Wildman–Crippen LogP) is 3.37. The van der Waals surface area contributed by atoms with Crippen molar-refractivity contribution in [3.05, 3.63) is 82.8 Å². The van der Waals surface area contributed by atoms with Crippen molar-refractivity contribution in [2.75, 3.05) is 6.54 Å². The highest BCUT2D eigenvalue weighted by molar-refractivity contribution is 5.82. The third-order valence-electron chi connectivity index (χ3n) is 6.04. The van der Waals surface area contributed by atoms with Crippen LogP contribution in [0.5, 0.6) is 0 Å². The van der Waals surface area contributed by atoms with E-state index in [0.717, 1.165) is 24.2 Å². The summed E-state index contributed by atoms with van der Waals surface area (Å²) in [7, 11) is 0. The molecular weight excluding hydrogens is 395 g/mol. The molecule has 1 aromatic heterocycles. The lowest BCUT2D eigenvalue weighted by Gasteiger charge is -2.35. The Kier molecular flexibility index (Phi) is 5.51. The number of carbonyl (C=O) groups excluding carboxylic acids is 1. The normalized spacial score (nSPS) is 18.5. The summed E-state index contributed by atoms with van der Waals surface area (Å²) in [5, 5.41) is 7.16. The number of nitrogens with zero attached hydrogens (tertiary/aromatic N) is 3. The molecular formula is C24H25FN4O2. The average molecular weight is 420 g/mol. The fourth-order valence-electron chi connectivity index (χ4n) is 4.11. The number of hydrogen-bond donors (Lipinski definition) is 1. The molecule has 1 N–H and O–H groups in total. The number of hydrogen-bond acceptors (Lipinski definition) is 5. The largest absolute Gasteiger partial charge is 0.354 e.